The molecule has 0 heterocycles. The molecule has 0 aliphatic rings. The van der Waals surface area contributed by atoms with Gasteiger partial charge in [-0.05, 0) is 23.6 Å². The van der Waals surface area contributed by atoms with Crippen molar-refractivity contribution in [1.29, 1.82) is 0 Å². The number of aromatic hydroxyl groups is 1. The lowest BCUT2D eigenvalue weighted by molar-refractivity contribution is -0.116. The molecule has 2 N–H and O–H groups in total. The minimum absolute atomic E-state index is 0.0863. The molecular weight excluding hydrogens is 238 g/mol. The fourth-order valence-corrected chi connectivity index (χ4v) is 1.96. The van der Waals surface area contributed by atoms with Gasteiger partial charge in [0.2, 0.25) is 5.91 Å². The summed E-state index contributed by atoms with van der Waals surface area (Å²) in [4.78, 5) is 11.9. The average molecular weight is 255 g/mol. The summed E-state index contributed by atoms with van der Waals surface area (Å²) in [5.74, 6) is 0.133. The molecular formula is C16H17NO2. The standard InChI is InChI=1S/C16H17NO2/c1-12(13-7-3-2-4-8-13)11-16(19)17-14-9-5-6-10-15(14)18/h2-10,12,18H,11H2,1H3,(H,17,19). The molecule has 0 saturated carbocycles. The van der Waals surface area contributed by atoms with Gasteiger partial charge in [-0.2, -0.15) is 0 Å². The molecule has 19 heavy (non-hydrogen) atoms. The Morgan fingerprint density at radius 1 is 1.11 bits per heavy atom. The molecule has 1 amide bonds. The van der Waals surface area contributed by atoms with E-state index in [1.54, 1.807) is 24.3 Å². The van der Waals surface area contributed by atoms with Crippen molar-refractivity contribution in [3.8, 4) is 5.75 Å². The summed E-state index contributed by atoms with van der Waals surface area (Å²) in [6.07, 6.45) is 0.387. The van der Waals surface area contributed by atoms with Crippen LogP contribution in [0.4, 0.5) is 5.69 Å². The van der Waals surface area contributed by atoms with E-state index >= 15 is 0 Å². The van der Waals surface area contributed by atoms with E-state index in [1.165, 1.54) is 0 Å². The SMILES string of the molecule is CC(CC(=O)Nc1ccccc1O)c1ccccc1. The van der Waals surface area contributed by atoms with E-state index in [0.717, 1.165) is 5.56 Å². The van der Waals surface area contributed by atoms with E-state index in [0.29, 0.717) is 12.1 Å². The number of hydrogen-bond donors (Lipinski definition) is 2. The van der Waals surface area contributed by atoms with Gasteiger partial charge in [0.25, 0.3) is 0 Å². The van der Waals surface area contributed by atoms with Gasteiger partial charge in [0, 0.05) is 6.42 Å². The van der Waals surface area contributed by atoms with Gasteiger partial charge in [0.05, 0.1) is 5.69 Å². The first kappa shape index (κ1) is 13.1. The molecule has 0 aliphatic carbocycles. The van der Waals surface area contributed by atoms with Crippen LogP contribution in [-0.4, -0.2) is 11.0 Å². The van der Waals surface area contributed by atoms with Crippen molar-refractivity contribution >= 4 is 11.6 Å². The number of hydrogen-bond acceptors (Lipinski definition) is 2. The van der Waals surface area contributed by atoms with Crippen LogP contribution in [-0.2, 0) is 4.79 Å². The Bertz CT molecular complexity index is 552. The number of rotatable bonds is 4. The zero-order valence-corrected chi connectivity index (χ0v) is 10.8. The predicted molar refractivity (Wildman–Crippen MR) is 76.2 cm³/mol. The third-order valence-electron chi connectivity index (χ3n) is 3.04. The Hall–Kier alpha value is -2.29. The molecule has 2 rings (SSSR count). The normalized spacial score (nSPS) is 11.8. The highest BCUT2D eigenvalue weighted by molar-refractivity contribution is 5.92. The van der Waals surface area contributed by atoms with Crippen LogP contribution in [0.15, 0.2) is 54.6 Å². The number of nitrogens with one attached hydrogen (secondary N) is 1. The van der Waals surface area contributed by atoms with Crippen LogP contribution < -0.4 is 5.32 Å². The second kappa shape index (κ2) is 6.05. The summed E-state index contributed by atoms with van der Waals surface area (Å²) in [7, 11) is 0. The first-order chi connectivity index (χ1) is 9.16. The van der Waals surface area contributed by atoms with Gasteiger partial charge in [0.1, 0.15) is 5.75 Å². The van der Waals surface area contributed by atoms with Crippen LogP contribution in [0.1, 0.15) is 24.8 Å². The second-order valence-electron chi connectivity index (χ2n) is 4.58. The molecule has 0 aliphatic heterocycles. The number of carbonyl (C=O) groups is 1. The van der Waals surface area contributed by atoms with Crippen LogP contribution in [0.5, 0.6) is 5.75 Å². The topological polar surface area (TPSA) is 49.3 Å². The van der Waals surface area contributed by atoms with Crippen LogP contribution in [0, 0.1) is 0 Å². The molecule has 0 fully saturated rings. The Morgan fingerprint density at radius 3 is 2.42 bits per heavy atom. The van der Waals surface area contributed by atoms with Gasteiger partial charge < -0.3 is 10.4 Å². The average Bonchev–Trinajstić information content (AvgIpc) is 2.42. The summed E-state index contributed by atoms with van der Waals surface area (Å²) < 4.78 is 0. The zero-order valence-electron chi connectivity index (χ0n) is 10.8. The number of benzene rings is 2. The summed E-state index contributed by atoms with van der Waals surface area (Å²) in [5.41, 5.74) is 1.59. The molecule has 1 atom stereocenters. The van der Waals surface area contributed by atoms with Crippen molar-refractivity contribution in [2.75, 3.05) is 5.32 Å². The number of anilines is 1. The summed E-state index contributed by atoms with van der Waals surface area (Å²) in [6, 6.07) is 16.6. The molecule has 0 bridgehead atoms. The molecule has 0 saturated heterocycles. The predicted octanol–water partition coefficient (Wildman–Crippen LogP) is 3.52. The lowest BCUT2D eigenvalue weighted by Gasteiger charge is -2.12. The van der Waals surface area contributed by atoms with Gasteiger partial charge >= 0.3 is 0 Å². The monoisotopic (exact) mass is 255 g/mol. The van der Waals surface area contributed by atoms with E-state index in [2.05, 4.69) is 5.32 Å². The number of phenols is 1. The minimum atomic E-state index is -0.0992. The second-order valence-corrected chi connectivity index (χ2v) is 4.58. The fourth-order valence-electron chi connectivity index (χ4n) is 1.96. The maximum absolute atomic E-state index is 11.9. The summed E-state index contributed by atoms with van der Waals surface area (Å²) >= 11 is 0. The lowest BCUT2D eigenvalue weighted by atomic mass is 9.97. The summed E-state index contributed by atoms with van der Waals surface area (Å²) in [6.45, 7) is 2.01. The van der Waals surface area contributed by atoms with Crippen LogP contribution in [0.25, 0.3) is 0 Å². The van der Waals surface area contributed by atoms with Crippen molar-refractivity contribution < 1.29 is 9.90 Å². The number of carbonyl (C=O) groups excluding carboxylic acids is 1. The van der Waals surface area contributed by atoms with E-state index < -0.39 is 0 Å². The Kier molecular flexibility index (Phi) is 4.18. The Balaban J connectivity index is 1.97. The van der Waals surface area contributed by atoms with Gasteiger partial charge in [-0.15, -0.1) is 0 Å². The van der Waals surface area contributed by atoms with E-state index in [9.17, 15) is 9.90 Å². The third kappa shape index (κ3) is 3.58. The maximum atomic E-state index is 11.9. The Morgan fingerprint density at radius 2 is 1.74 bits per heavy atom. The van der Waals surface area contributed by atoms with Crippen molar-refractivity contribution in [3.63, 3.8) is 0 Å². The number of para-hydroxylation sites is 2. The van der Waals surface area contributed by atoms with Crippen LogP contribution >= 0.6 is 0 Å². The lowest BCUT2D eigenvalue weighted by Crippen LogP contribution is -2.14. The van der Waals surface area contributed by atoms with Gasteiger partial charge in [-0.25, -0.2) is 0 Å². The van der Waals surface area contributed by atoms with Crippen molar-refractivity contribution in [2.24, 2.45) is 0 Å². The largest absolute Gasteiger partial charge is 0.506 e. The van der Waals surface area contributed by atoms with Crippen LogP contribution in [0.2, 0.25) is 0 Å². The molecule has 0 radical (unpaired) electrons. The van der Waals surface area contributed by atoms with E-state index in [1.807, 2.05) is 37.3 Å². The molecule has 2 aromatic rings. The summed E-state index contributed by atoms with van der Waals surface area (Å²) in [5, 5.41) is 12.3. The molecule has 98 valence electrons. The molecule has 2 aromatic carbocycles. The highest BCUT2D eigenvalue weighted by Crippen LogP contribution is 2.23. The zero-order chi connectivity index (χ0) is 13.7. The first-order valence-electron chi connectivity index (χ1n) is 6.29. The van der Waals surface area contributed by atoms with Crippen molar-refractivity contribution in [3.05, 3.63) is 60.2 Å². The molecule has 0 spiro atoms. The highest BCUT2D eigenvalue weighted by atomic mass is 16.3. The molecule has 3 heteroatoms. The number of amides is 1. The van der Waals surface area contributed by atoms with E-state index in [4.69, 9.17) is 0 Å². The quantitative estimate of drug-likeness (QED) is 0.821. The van der Waals surface area contributed by atoms with Gasteiger partial charge in [-0.1, -0.05) is 49.4 Å². The minimum Gasteiger partial charge on any atom is -0.506 e. The van der Waals surface area contributed by atoms with Crippen molar-refractivity contribution in [1.82, 2.24) is 0 Å². The Labute approximate surface area is 112 Å². The fraction of sp³-hybridized carbons (Fsp3) is 0.188. The van der Waals surface area contributed by atoms with Gasteiger partial charge in [0.15, 0.2) is 0 Å². The van der Waals surface area contributed by atoms with E-state index in [-0.39, 0.29) is 17.6 Å². The van der Waals surface area contributed by atoms with Crippen molar-refractivity contribution in [2.45, 2.75) is 19.3 Å². The van der Waals surface area contributed by atoms with Crippen LogP contribution in [0.3, 0.4) is 0 Å². The smallest absolute Gasteiger partial charge is 0.225 e. The maximum Gasteiger partial charge on any atom is 0.225 e. The third-order valence-corrected chi connectivity index (χ3v) is 3.04. The molecule has 1 unspecified atom stereocenters. The molecule has 0 aromatic heterocycles. The molecule has 3 nitrogen and oxygen atoms in total. The highest BCUT2D eigenvalue weighted by Gasteiger charge is 2.12. The number of phenolic OH excluding ortho intramolecular Hbond substituents is 1. The first-order valence-corrected chi connectivity index (χ1v) is 6.29. The van der Waals surface area contributed by atoms with Gasteiger partial charge in [-0.3, -0.25) is 4.79 Å².